The minimum atomic E-state index is -4.29. The van der Waals surface area contributed by atoms with Crippen LogP contribution in [0.1, 0.15) is 158 Å². The number of ether oxygens (including phenoxy) is 4. The molecule has 13 rings (SSSR count). The first-order valence-electron chi connectivity index (χ1n) is 41.2. The molecule has 4 saturated heterocycles. The highest BCUT2D eigenvalue weighted by Crippen LogP contribution is 2.49. The van der Waals surface area contributed by atoms with Gasteiger partial charge in [-0.05, 0) is 158 Å². The van der Waals surface area contributed by atoms with Gasteiger partial charge in [-0.3, -0.25) is 4.18 Å². The van der Waals surface area contributed by atoms with Gasteiger partial charge in [0.2, 0.25) is 0 Å². The first-order chi connectivity index (χ1) is 56.5. The summed E-state index contributed by atoms with van der Waals surface area (Å²) in [5.41, 5.74) is 22.9. The Balaban J connectivity index is 0.000000223. The van der Waals surface area contributed by atoms with Crippen molar-refractivity contribution >= 4 is 153 Å². The number of hydrogen-bond donors (Lipinski definition) is 6. The molecule has 122 heavy (non-hydrogen) atoms. The van der Waals surface area contributed by atoms with E-state index in [1.54, 1.807) is 0 Å². The second-order valence-electron chi connectivity index (χ2n) is 37.0. The molecule has 0 aliphatic carbocycles. The van der Waals surface area contributed by atoms with Crippen molar-refractivity contribution in [2.24, 2.45) is 5.14 Å². The highest BCUT2D eigenvalue weighted by atomic mass is 127. The van der Waals surface area contributed by atoms with Crippen LogP contribution >= 0.6 is 58.7 Å². The van der Waals surface area contributed by atoms with Gasteiger partial charge in [-0.1, -0.05) is 200 Å². The van der Waals surface area contributed by atoms with Gasteiger partial charge in [-0.25, -0.2) is 62.3 Å². The van der Waals surface area contributed by atoms with Gasteiger partial charge in [0.25, 0.3) is 0 Å². The van der Waals surface area contributed by atoms with Crippen molar-refractivity contribution in [3.63, 3.8) is 0 Å². The number of hydrogen-bond acceptors (Lipinski definition) is 26. The fraction of sp³-hybridized carbons (Fsp3) is 0.602. The largest absolute Gasteiger partial charge is 0.408 e. The Kier molecular flexibility index (Phi) is 36.4. The van der Waals surface area contributed by atoms with Crippen molar-refractivity contribution in [3.05, 3.63) is 112 Å². The summed E-state index contributed by atoms with van der Waals surface area (Å²) < 4.78 is 123. The predicted octanol–water partition coefficient (Wildman–Crippen LogP) is 19.5. The highest BCUT2D eigenvalue weighted by Gasteiger charge is 2.56. The summed E-state index contributed by atoms with van der Waals surface area (Å²) in [7, 11) is -12.1. The molecule has 0 unspecified atom stereocenters. The van der Waals surface area contributed by atoms with Crippen LogP contribution in [0.25, 0.3) is 33.1 Å². The summed E-state index contributed by atoms with van der Waals surface area (Å²) in [6, 6.07) is 23.8. The monoisotopic (exact) mass is 1950 g/mol. The van der Waals surface area contributed by atoms with Crippen LogP contribution < -0.4 is 22.3 Å². The molecule has 4 fully saturated rings. The molecular formula is C83H132F3IN16O11S4Si4. The minimum Gasteiger partial charge on any atom is -0.408 e. The Morgan fingerprint density at radius 2 is 0.869 bits per heavy atom. The lowest BCUT2D eigenvalue weighted by atomic mass is 10.1. The number of aliphatic hydroxyl groups is 1. The topological polar surface area (TPSA) is 363 Å². The number of aryl methyl sites for hydroxylation is 3. The molecule has 39 heteroatoms. The molecule has 0 spiro atoms. The lowest BCUT2D eigenvalue weighted by Gasteiger charge is -2.39. The van der Waals surface area contributed by atoms with E-state index in [0.29, 0.717) is 58.5 Å². The average Bonchev–Trinajstić information content (AvgIpc) is 1.61. The first kappa shape index (κ1) is 104. The number of fused-ring (bicyclic) bond motifs is 3. The maximum atomic E-state index is 16.2. The number of benzene rings is 3. The lowest BCUT2D eigenvalue weighted by molar-refractivity contribution is -0.0497. The van der Waals surface area contributed by atoms with Crippen LogP contribution in [0, 0.1) is 24.5 Å². The van der Waals surface area contributed by atoms with Crippen molar-refractivity contribution in [1.82, 2.24) is 59.2 Å². The lowest BCUT2D eigenvalue weighted by Crippen LogP contribution is -2.49. The van der Waals surface area contributed by atoms with Crippen LogP contribution in [0.4, 0.5) is 30.6 Å². The average molecular weight is 1950 g/mol. The third-order valence-electron chi connectivity index (χ3n) is 23.1. The van der Waals surface area contributed by atoms with Crippen molar-refractivity contribution in [1.29, 1.82) is 0 Å². The summed E-state index contributed by atoms with van der Waals surface area (Å²) in [6.45, 7) is 58.4. The van der Waals surface area contributed by atoms with Gasteiger partial charge in [-0.15, -0.1) is 12.6 Å². The maximum absolute atomic E-state index is 16.2. The number of anilines is 3. The molecule has 10 heterocycles. The van der Waals surface area contributed by atoms with Crippen molar-refractivity contribution in [2.75, 3.05) is 43.6 Å². The summed E-state index contributed by atoms with van der Waals surface area (Å²) in [6.07, 6.45) is -5.67. The predicted molar refractivity (Wildman–Crippen MR) is 504 cm³/mol. The molecule has 4 aliphatic heterocycles. The summed E-state index contributed by atoms with van der Waals surface area (Å²) >= 11 is 8.95. The van der Waals surface area contributed by atoms with E-state index >= 15 is 13.2 Å². The summed E-state index contributed by atoms with van der Waals surface area (Å²) in [5, 5.41) is 31.6. The first-order valence-corrected chi connectivity index (χ1v) is 58.0. The number of nitrogens with zero attached hydrogens (tertiary/aromatic N) is 12. The smallest absolute Gasteiger partial charge is 0.333 e. The van der Waals surface area contributed by atoms with Gasteiger partial charge < -0.3 is 54.5 Å². The standard InChI is InChI=1S/C23H33FN6O5S2Si.C23H32FN5O3SSi.C17H27FIN5O2Si.C7H8S.C7H18Si.C4H8O.C2H6/c1-13-8-7-9-14(10-13)36-21-16-19(25)27-12-28-20(16)30(29-21)22-17(24)18(35-38(5,6)23(2,3)4)15(34-22)11-33-37(26,31)32;1-13-8-7-9-14(10-13)33-21-16-19(25)26-12-27-20(16)29(28-21)22-17(24)18(15(11-30)31-22)32-34(5,6)23(2,3)4;1-7-9-12(26-27(5,6)17(2,3)4)11(18)16(25-9)24-15-10(13(19)23-24)14(20)21-8-22-15;1-6-3-2-4-7(8)5-6;1-7(2,3)8(4,5)6;1-2-4-5-3-1;1-2/h7-10,12,15,17-18,22H,11H2,1-6H3,(H2,25,27,28)(H2,26,31,32);7-10,12,15,17-18,22,30H,11H2,1-6H3,(H2,25,26,27);8-9,11-12,16H,7H2,1-6H3,(H2,20,21,22);2-5,8H,1H3;1-6H3;1-4H2;1-2H3/t2*15-,17+,18-,22-;9-,11+,12-,16-;;;;/m111..../s1. The molecule has 678 valence electrons. The molecule has 3 aromatic carbocycles. The third kappa shape index (κ3) is 26.5. The van der Waals surface area contributed by atoms with Gasteiger partial charge in [-0.2, -0.15) is 23.7 Å². The second-order valence-corrected chi connectivity index (χ2v) is 62.2. The van der Waals surface area contributed by atoms with Gasteiger partial charge in [0.1, 0.15) is 80.7 Å². The molecule has 9 aromatic rings. The van der Waals surface area contributed by atoms with Crippen molar-refractivity contribution in [2.45, 2.75) is 322 Å². The third-order valence-corrected chi connectivity index (χ3v) is 44.5. The molecule has 4 aliphatic rings. The Hall–Kier alpha value is -5.30. The number of halogens is 4. The number of nitrogens with two attached hydrogens (primary N) is 4. The summed E-state index contributed by atoms with van der Waals surface area (Å²) in [5.74, 6) is 0.769. The van der Waals surface area contributed by atoms with E-state index in [2.05, 4.69) is 202 Å². The number of rotatable bonds is 18. The zero-order chi connectivity index (χ0) is 91.5. The van der Waals surface area contributed by atoms with Crippen LogP contribution in [0.2, 0.25) is 79.1 Å². The van der Waals surface area contributed by atoms with E-state index in [9.17, 15) is 13.5 Å². The number of alkyl halides is 3. The van der Waals surface area contributed by atoms with Gasteiger partial charge in [0.05, 0.1) is 35.5 Å². The van der Waals surface area contributed by atoms with Crippen LogP contribution in [-0.4, -0.2) is 187 Å². The number of aromatic nitrogens is 12. The quantitative estimate of drug-likeness (QED) is 0.0264. The fourth-order valence-electron chi connectivity index (χ4n) is 11.7. The van der Waals surface area contributed by atoms with E-state index in [0.717, 1.165) is 39.0 Å². The highest BCUT2D eigenvalue weighted by molar-refractivity contribution is 14.1. The van der Waals surface area contributed by atoms with Crippen LogP contribution in [0.3, 0.4) is 0 Å². The molecule has 6 aromatic heterocycles. The Bertz CT molecular complexity index is 4990. The van der Waals surface area contributed by atoms with E-state index < -0.39 is 118 Å². The van der Waals surface area contributed by atoms with Crippen molar-refractivity contribution < 1.29 is 63.1 Å². The van der Waals surface area contributed by atoms with E-state index in [1.165, 1.54) is 75.0 Å². The van der Waals surface area contributed by atoms with Crippen LogP contribution in [-0.2, 0) is 46.7 Å². The van der Waals surface area contributed by atoms with Gasteiger partial charge in [0.15, 0.2) is 79.1 Å². The van der Waals surface area contributed by atoms with E-state index in [-0.39, 0.29) is 45.1 Å². The molecular weight excluding hydrogens is 1820 g/mol. The Morgan fingerprint density at radius 3 is 1.19 bits per heavy atom. The van der Waals surface area contributed by atoms with Crippen LogP contribution in [0.15, 0.2) is 117 Å². The molecule has 12 atom stereocenters. The Morgan fingerprint density at radius 1 is 0.533 bits per heavy atom. The number of nitrogen functional groups attached to an aromatic ring is 3. The molecule has 0 amide bonds. The maximum Gasteiger partial charge on any atom is 0.333 e. The Labute approximate surface area is 751 Å². The van der Waals surface area contributed by atoms with Crippen LogP contribution in [0.5, 0.6) is 0 Å². The zero-order valence-corrected chi connectivity index (χ0v) is 85.4. The molecule has 9 N–H and O–H groups in total. The van der Waals surface area contributed by atoms with E-state index in [4.69, 9.17) is 58.7 Å². The molecule has 0 bridgehead atoms. The SMILES string of the molecule is C1CCOC1.CC.CC(C)(C)[Si](C)(C)C.CC[C@H]1O[C@@H](n2nc(I)c3c(N)ncnc32)[C@@H](F)[C@@H]1O[Si](C)(C)C(C)(C)C.Cc1cccc(S)c1.Cc1cccc(Sc2nn([C@@H]3O[C@H](CO)[C@@H](O[Si](C)(C)C(C)(C)C)[C@@H]3F)c3ncnc(N)c23)c1.Cc1cccc(Sc2nn([C@@H]3O[C@H](COS(N)(=O)=O)[C@@H](O[Si](C)(C)C(C)(C)C)[C@@H]3F)c3ncnc(N)c23)c1. The second kappa shape index (κ2) is 42.7. The fourth-order valence-corrected chi connectivity index (χ4v) is 19.1. The normalized spacial score (nSPS) is 22.2. The number of aliphatic hydroxyl groups excluding tert-OH is 1. The summed E-state index contributed by atoms with van der Waals surface area (Å²) in [4.78, 5) is 28.0. The van der Waals surface area contributed by atoms with Crippen molar-refractivity contribution in [3.8, 4) is 0 Å². The van der Waals surface area contributed by atoms with Gasteiger partial charge >= 0.3 is 10.3 Å². The molecule has 0 radical (unpaired) electrons. The minimum absolute atomic E-state index is 0.0153. The van der Waals surface area contributed by atoms with Gasteiger partial charge in [0, 0.05) is 36.0 Å². The van der Waals surface area contributed by atoms with E-state index in [1.807, 2.05) is 135 Å². The zero-order valence-electron chi connectivity index (χ0n) is 75.9. The molecule has 0 saturated carbocycles. The molecule has 27 nitrogen and oxygen atoms in total. The number of thiol groups is 1.